The van der Waals surface area contributed by atoms with Crippen LogP contribution in [0, 0.1) is 0 Å². The number of benzene rings is 1. The second-order valence-electron chi connectivity index (χ2n) is 7.05. The zero-order chi connectivity index (χ0) is 21.0. The molecule has 6 nitrogen and oxygen atoms in total. The average Bonchev–Trinajstić information content (AvgIpc) is 2.71. The first kappa shape index (κ1) is 20.9. The molecule has 29 heavy (non-hydrogen) atoms. The van der Waals surface area contributed by atoms with Crippen molar-refractivity contribution in [1.82, 2.24) is 15.2 Å². The van der Waals surface area contributed by atoms with Crippen molar-refractivity contribution in [3.05, 3.63) is 69.6 Å². The van der Waals surface area contributed by atoms with Crippen LogP contribution in [0.5, 0.6) is 0 Å². The van der Waals surface area contributed by atoms with E-state index in [-0.39, 0.29) is 28.4 Å². The molecule has 1 aromatic carbocycles. The second kappa shape index (κ2) is 9.09. The number of hydrogen-bond donors (Lipinski definition) is 2. The van der Waals surface area contributed by atoms with Gasteiger partial charge in [-0.05, 0) is 42.5 Å². The third-order valence-electron chi connectivity index (χ3n) is 5.08. The summed E-state index contributed by atoms with van der Waals surface area (Å²) in [7, 11) is 0. The molecular formula is C22H24ClN3O3. The Morgan fingerprint density at radius 1 is 1.28 bits per heavy atom. The molecule has 3 rings (SSSR count). The van der Waals surface area contributed by atoms with Gasteiger partial charge in [-0.2, -0.15) is 0 Å². The Bertz CT molecular complexity index is 1040. The number of urea groups is 1. The molecule has 0 saturated carbocycles. The molecule has 2 N–H and O–H groups in total. The summed E-state index contributed by atoms with van der Waals surface area (Å²) >= 11 is 5.91. The first-order chi connectivity index (χ1) is 13.9. The van der Waals surface area contributed by atoms with Crippen molar-refractivity contribution >= 4 is 34.2 Å². The first-order valence-corrected chi connectivity index (χ1v) is 10.1. The molecule has 2 unspecified atom stereocenters. The summed E-state index contributed by atoms with van der Waals surface area (Å²) in [5.41, 5.74) is 0.715. The van der Waals surface area contributed by atoms with Gasteiger partial charge in [-0.3, -0.25) is 9.59 Å². The predicted octanol–water partition coefficient (Wildman–Crippen LogP) is 4.03. The molecule has 152 valence electrons. The fraction of sp³-hybridized carbons (Fsp3) is 0.318. The van der Waals surface area contributed by atoms with E-state index in [1.165, 1.54) is 12.2 Å². The van der Waals surface area contributed by atoms with Gasteiger partial charge < -0.3 is 15.2 Å². The van der Waals surface area contributed by atoms with Crippen molar-refractivity contribution in [3.63, 3.8) is 0 Å². The van der Waals surface area contributed by atoms with Gasteiger partial charge in [0.2, 0.25) is 0 Å². The van der Waals surface area contributed by atoms with E-state index in [2.05, 4.69) is 17.2 Å². The summed E-state index contributed by atoms with van der Waals surface area (Å²) in [5, 5.41) is 4.42. The van der Waals surface area contributed by atoms with Crippen LogP contribution >= 0.6 is 11.6 Å². The maximum atomic E-state index is 13.1. The SMILES string of the molecule is CCCCN(C(=O)NC1C=CC(=O)C(Cl)=C1)C(C)c1c[nH]c(=O)c2ccccc12. The van der Waals surface area contributed by atoms with Crippen molar-refractivity contribution < 1.29 is 9.59 Å². The van der Waals surface area contributed by atoms with Gasteiger partial charge in [-0.25, -0.2) is 4.79 Å². The summed E-state index contributed by atoms with van der Waals surface area (Å²) in [4.78, 5) is 41.3. The predicted molar refractivity (Wildman–Crippen MR) is 115 cm³/mol. The van der Waals surface area contributed by atoms with Crippen LogP contribution in [0.2, 0.25) is 0 Å². The number of carbonyl (C=O) groups is 2. The van der Waals surface area contributed by atoms with Gasteiger partial charge in [0.1, 0.15) is 0 Å². The highest BCUT2D eigenvalue weighted by atomic mass is 35.5. The van der Waals surface area contributed by atoms with Crippen LogP contribution in [0.15, 0.2) is 58.5 Å². The summed E-state index contributed by atoms with van der Waals surface area (Å²) in [6.45, 7) is 4.57. The molecule has 1 aromatic heterocycles. The Morgan fingerprint density at radius 2 is 2.00 bits per heavy atom. The number of amides is 2. The number of fused-ring (bicyclic) bond motifs is 1. The summed E-state index contributed by atoms with van der Waals surface area (Å²) in [5.74, 6) is -0.270. The lowest BCUT2D eigenvalue weighted by Gasteiger charge is -2.31. The van der Waals surface area contributed by atoms with E-state index in [4.69, 9.17) is 11.6 Å². The quantitative estimate of drug-likeness (QED) is 0.750. The van der Waals surface area contributed by atoms with Gasteiger partial charge in [0.05, 0.1) is 17.1 Å². The highest BCUT2D eigenvalue weighted by Gasteiger charge is 2.25. The minimum Gasteiger partial charge on any atom is -0.328 e. The molecule has 0 spiro atoms. The summed E-state index contributed by atoms with van der Waals surface area (Å²) in [6.07, 6.45) is 7.96. The van der Waals surface area contributed by atoms with Gasteiger partial charge in [0.25, 0.3) is 5.56 Å². The van der Waals surface area contributed by atoms with Crippen LogP contribution in [0.1, 0.15) is 38.3 Å². The van der Waals surface area contributed by atoms with Crippen LogP contribution in [0.4, 0.5) is 4.79 Å². The van der Waals surface area contributed by atoms with Gasteiger partial charge in [0, 0.05) is 18.1 Å². The molecule has 0 fully saturated rings. The summed E-state index contributed by atoms with van der Waals surface area (Å²) in [6, 6.07) is 6.40. The third-order valence-corrected chi connectivity index (χ3v) is 5.39. The molecule has 7 heteroatoms. The number of aromatic amines is 1. The average molecular weight is 414 g/mol. The normalized spacial score (nSPS) is 17.1. The number of H-pyrrole nitrogens is 1. The lowest BCUT2D eigenvalue weighted by atomic mass is 10.0. The zero-order valence-corrected chi connectivity index (χ0v) is 17.2. The van der Waals surface area contributed by atoms with Crippen molar-refractivity contribution in [2.45, 2.75) is 38.8 Å². The maximum Gasteiger partial charge on any atom is 0.318 e. The fourth-order valence-electron chi connectivity index (χ4n) is 3.43. The largest absolute Gasteiger partial charge is 0.328 e. The standard InChI is InChI=1S/C22H24ClN3O3/c1-3-4-11-26(22(29)25-15-9-10-20(27)19(23)12-15)14(2)18-13-24-21(28)17-8-6-5-7-16(17)18/h5-10,12-15H,3-4,11H2,1-2H3,(H,24,28)(H,25,29). The van der Waals surface area contributed by atoms with E-state index < -0.39 is 6.04 Å². The van der Waals surface area contributed by atoms with Gasteiger partial charge >= 0.3 is 6.03 Å². The number of aromatic nitrogens is 1. The van der Waals surface area contributed by atoms with Crippen LogP contribution in [-0.4, -0.2) is 34.3 Å². The number of halogens is 1. The Hall–Kier alpha value is -2.86. The molecule has 1 aliphatic carbocycles. The molecule has 1 aliphatic rings. The van der Waals surface area contributed by atoms with E-state index in [0.717, 1.165) is 23.8 Å². The first-order valence-electron chi connectivity index (χ1n) is 9.69. The minimum absolute atomic E-state index is 0.0950. The van der Waals surface area contributed by atoms with E-state index in [9.17, 15) is 14.4 Å². The van der Waals surface area contributed by atoms with Crippen LogP contribution in [0.3, 0.4) is 0 Å². The Balaban J connectivity index is 1.89. The van der Waals surface area contributed by atoms with Crippen LogP contribution in [0.25, 0.3) is 10.8 Å². The molecule has 2 atom stereocenters. The van der Waals surface area contributed by atoms with Crippen LogP contribution < -0.4 is 10.9 Å². The third kappa shape index (κ3) is 4.59. The molecule has 0 aliphatic heterocycles. The number of ketones is 1. The number of rotatable bonds is 6. The van der Waals surface area contributed by atoms with Crippen molar-refractivity contribution in [2.75, 3.05) is 6.54 Å². The topological polar surface area (TPSA) is 82.3 Å². The second-order valence-corrected chi connectivity index (χ2v) is 7.46. The lowest BCUT2D eigenvalue weighted by molar-refractivity contribution is -0.110. The van der Waals surface area contributed by atoms with Crippen molar-refractivity contribution in [3.8, 4) is 0 Å². The highest BCUT2D eigenvalue weighted by molar-refractivity contribution is 6.44. The summed E-state index contributed by atoms with van der Waals surface area (Å²) < 4.78 is 0. The van der Waals surface area contributed by atoms with Gasteiger partial charge in [0.15, 0.2) is 5.78 Å². The number of nitrogens with one attached hydrogen (secondary N) is 2. The van der Waals surface area contributed by atoms with Gasteiger partial charge in [-0.15, -0.1) is 0 Å². The Kier molecular flexibility index (Phi) is 6.54. The Morgan fingerprint density at radius 3 is 2.69 bits per heavy atom. The molecule has 2 amide bonds. The van der Waals surface area contributed by atoms with E-state index in [1.54, 1.807) is 23.2 Å². The fourth-order valence-corrected chi connectivity index (χ4v) is 3.62. The smallest absolute Gasteiger partial charge is 0.318 e. The van der Waals surface area contributed by atoms with Gasteiger partial charge in [-0.1, -0.05) is 49.2 Å². The molecule has 1 heterocycles. The zero-order valence-electron chi connectivity index (χ0n) is 16.4. The molecule has 2 aromatic rings. The number of carbonyl (C=O) groups excluding carboxylic acids is 2. The Labute approximate surface area is 174 Å². The number of hydrogen-bond acceptors (Lipinski definition) is 3. The number of nitrogens with zero attached hydrogens (tertiary/aromatic N) is 1. The van der Waals surface area contributed by atoms with Crippen LogP contribution in [-0.2, 0) is 4.79 Å². The van der Waals surface area contributed by atoms with Crippen molar-refractivity contribution in [1.29, 1.82) is 0 Å². The molecule has 0 bridgehead atoms. The monoisotopic (exact) mass is 413 g/mol. The van der Waals surface area contributed by atoms with E-state index >= 15 is 0 Å². The lowest BCUT2D eigenvalue weighted by Crippen LogP contribution is -2.45. The number of allylic oxidation sites excluding steroid dienone is 2. The molecule has 0 radical (unpaired) electrons. The number of unbranched alkanes of at least 4 members (excludes halogenated alkanes) is 1. The van der Waals surface area contributed by atoms with Crippen molar-refractivity contribution in [2.24, 2.45) is 0 Å². The number of pyridine rings is 1. The molecular weight excluding hydrogens is 390 g/mol. The molecule has 0 saturated heterocycles. The maximum absolute atomic E-state index is 13.1. The van der Waals surface area contributed by atoms with E-state index in [1.807, 2.05) is 25.1 Å². The van der Waals surface area contributed by atoms with E-state index in [0.29, 0.717) is 11.9 Å². The minimum atomic E-state index is -0.448. The highest BCUT2D eigenvalue weighted by Crippen LogP contribution is 2.26.